The Kier molecular flexibility index (Phi) is 5.41. The zero-order valence-electron chi connectivity index (χ0n) is 16.5. The van der Waals surface area contributed by atoms with Gasteiger partial charge in [-0.3, -0.25) is 9.13 Å². The highest BCUT2D eigenvalue weighted by Crippen LogP contribution is 2.31. The number of methoxy groups -OCH3 is 1. The van der Waals surface area contributed by atoms with Gasteiger partial charge < -0.3 is 9.84 Å². The molecular weight excluding hydrogens is 366 g/mol. The van der Waals surface area contributed by atoms with Gasteiger partial charge in [0.15, 0.2) is 0 Å². The molecule has 0 unspecified atom stereocenters. The first kappa shape index (κ1) is 19.3. The lowest BCUT2D eigenvalue weighted by atomic mass is 9.93. The second-order valence-electron chi connectivity index (χ2n) is 7.64. The number of para-hydroxylation sites is 1. The molecule has 2 aromatic carbocycles. The van der Waals surface area contributed by atoms with Crippen molar-refractivity contribution in [3.8, 4) is 11.8 Å². The number of hydrogen-bond acceptors (Lipinski definition) is 4. The Balaban J connectivity index is 1.75. The summed E-state index contributed by atoms with van der Waals surface area (Å²) in [7, 11) is 1.65. The monoisotopic (exact) mass is 391 g/mol. The molecule has 0 aliphatic heterocycles. The van der Waals surface area contributed by atoms with Gasteiger partial charge >= 0.3 is 5.69 Å². The average molecular weight is 391 g/mol. The van der Waals surface area contributed by atoms with E-state index < -0.39 is 0 Å². The van der Waals surface area contributed by atoms with Gasteiger partial charge in [-0.1, -0.05) is 18.2 Å². The second-order valence-corrected chi connectivity index (χ2v) is 7.64. The molecular formula is C23H25N3O3. The Morgan fingerprint density at radius 3 is 2.62 bits per heavy atom. The summed E-state index contributed by atoms with van der Waals surface area (Å²) >= 11 is 0. The van der Waals surface area contributed by atoms with Crippen molar-refractivity contribution >= 4 is 11.0 Å². The first-order chi connectivity index (χ1) is 14.1. The summed E-state index contributed by atoms with van der Waals surface area (Å²) in [5, 5.41) is 19.2. The molecule has 1 heterocycles. The van der Waals surface area contributed by atoms with E-state index in [0.29, 0.717) is 31.4 Å². The van der Waals surface area contributed by atoms with Crippen molar-refractivity contribution in [3.63, 3.8) is 0 Å². The first-order valence-corrected chi connectivity index (χ1v) is 10.1. The molecule has 3 aromatic rings. The van der Waals surface area contributed by atoms with Crippen molar-refractivity contribution in [1.82, 2.24) is 9.13 Å². The van der Waals surface area contributed by atoms with Crippen LogP contribution in [0, 0.1) is 11.3 Å². The third-order valence-electron chi connectivity index (χ3n) is 5.92. The Hall–Kier alpha value is -3.04. The Morgan fingerprint density at radius 1 is 1.14 bits per heavy atom. The summed E-state index contributed by atoms with van der Waals surface area (Å²) in [5.74, 6) is 0.809. The van der Waals surface area contributed by atoms with E-state index in [1.165, 1.54) is 0 Å². The summed E-state index contributed by atoms with van der Waals surface area (Å²) in [6.45, 7) is 0.507. The van der Waals surface area contributed by atoms with E-state index in [9.17, 15) is 15.2 Å². The van der Waals surface area contributed by atoms with Crippen LogP contribution in [0.4, 0.5) is 0 Å². The summed E-state index contributed by atoms with van der Waals surface area (Å²) in [4.78, 5) is 13.4. The van der Waals surface area contributed by atoms with Crippen LogP contribution in [0.2, 0.25) is 0 Å². The molecule has 1 aliphatic rings. The van der Waals surface area contributed by atoms with Gasteiger partial charge in [0.1, 0.15) is 5.75 Å². The molecule has 0 radical (unpaired) electrons. The Bertz CT molecular complexity index is 1110. The van der Waals surface area contributed by atoms with Crippen molar-refractivity contribution in [2.24, 2.45) is 0 Å². The molecule has 6 nitrogen and oxygen atoms in total. The molecule has 1 aromatic heterocycles. The smallest absolute Gasteiger partial charge is 0.329 e. The number of nitriles is 1. The molecule has 1 fully saturated rings. The van der Waals surface area contributed by atoms with Gasteiger partial charge in [-0.25, -0.2) is 4.79 Å². The SMILES string of the molecule is COc1ccccc1CCn1c(=O)n(C2CCC(O)CC2)c2ccc(C#N)cc21. The number of rotatable bonds is 5. The molecule has 0 amide bonds. The minimum atomic E-state index is -0.272. The van der Waals surface area contributed by atoms with E-state index in [1.807, 2.05) is 34.9 Å². The highest BCUT2D eigenvalue weighted by molar-refractivity contribution is 5.78. The van der Waals surface area contributed by atoms with Gasteiger partial charge in [0, 0.05) is 12.6 Å². The zero-order valence-corrected chi connectivity index (χ0v) is 16.5. The van der Waals surface area contributed by atoms with E-state index in [-0.39, 0.29) is 17.8 Å². The standard InChI is InChI=1S/C23H25N3O3/c1-29-22-5-3-2-4-17(22)12-13-25-21-14-16(15-24)6-11-20(21)26(23(25)28)18-7-9-19(27)10-8-18/h2-6,11,14,18-19,27H,7-10,12-13H2,1H3. The molecule has 0 spiro atoms. The number of imidazole rings is 1. The number of nitrogens with zero attached hydrogens (tertiary/aromatic N) is 3. The maximum atomic E-state index is 13.4. The van der Waals surface area contributed by atoms with Crippen LogP contribution in [0.3, 0.4) is 0 Å². The van der Waals surface area contributed by atoms with Crippen molar-refractivity contribution in [2.45, 2.75) is 50.8 Å². The van der Waals surface area contributed by atoms with Crippen molar-refractivity contribution in [2.75, 3.05) is 7.11 Å². The normalized spacial score (nSPS) is 19.2. The van der Waals surface area contributed by atoms with Gasteiger partial charge in [-0.15, -0.1) is 0 Å². The lowest BCUT2D eigenvalue weighted by Crippen LogP contribution is -2.31. The third-order valence-corrected chi connectivity index (χ3v) is 5.92. The molecule has 6 heteroatoms. The summed E-state index contributed by atoms with van der Waals surface area (Å²) < 4.78 is 9.08. The van der Waals surface area contributed by atoms with Crippen molar-refractivity contribution in [3.05, 3.63) is 64.1 Å². The largest absolute Gasteiger partial charge is 0.496 e. The summed E-state index contributed by atoms with van der Waals surface area (Å²) in [6.07, 6.45) is 3.37. The predicted molar refractivity (Wildman–Crippen MR) is 111 cm³/mol. The Labute approximate surface area is 169 Å². The molecule has 4 rings (SSSR count). The summed E-state index contributed by atoms with van der Waals surface area (Å²) in [5.41, 5.74) is 3.18. The molecule has 1 aliphatic carbocycles. The van der Waals surface area contributed by atoms with Gasteiger partial charge in [0.25, 0.3) is 0 Å². The van der Waals surface area contributed by atoms with Crippen LogP contribution in [-0.2, 0) is 13.0 Å². The number of benzene rings is 2. The first-order valence-electron chi connectivity index (χ1n) is 10.1. The number of aliphatic hydroxyl groups is 1. The van der Waals surface area contributed by atoms with Crippen LogP contribution < -0.4 is 10.4 Å². The molecule has 0 atom stereocenters. The van der Waals surface area contributed by atoms with E-state index in [1.54, 1.807) is 23.8 Å². The molecule has 150 valence electrons. The fourth-order valence-corrected chi connectivity index (χ4v) is 4.38. The van der Waals surface area contributed by atoms with Gasteiger partial charge in [0.05, 0.1) is 35.9 Å². The van der Waals surface area contributed by atoms with Gasteiger partial charge in [-0.05, 0) is 61.9 Å². The van der Waals surface area contributed by atoms with Crippen LogP contribution >= 0.6 is 0 Å². The zero-order chi connectivity index (χ0) is 20.4. The highest BCUT2D eigenvalue weighted by Gasteiger charge is 2.25. The van der Waals surface area contributed by atoms with Crippen LogP contribution in [0.25, 0.3) is 11.0 Å². The molecule has 1 saturated carbocycles. The van der Waals surface area contributed by atoms with Gasteiger partial charge in [-0.2, -0.15) is 5.26 Å². The Morgan fingerprint density at radius 2 is 1.90 bits per heavy atom. The highest BCUT2D eigenvalue weighted by atomic mass is 16.5. The third kappa shape index (κ3) is 3.66. The molecule has 0 bridgehead atoms. The second kappa shape index (κ2) is 8.14. The lowest BCUT2D eigenvalue weighted by Gasteiger charge is -2.26. The van der Waals surface area contributed by atoms with E-state index in [0.717, 1.165) is 35.2 Å². The quantitative estimate of drug-likeness (QED) is 0.723. The van der Waals surface area contributed by atoms with E-state index in [4.69, 9.17) is 4.74 Å². The fraction of sp³-hybridized carbons (Fsp3) is 0.391. The molecule has 1 N–H and O–H groups in total. The van der Waals surface area contributed by atoms with E-state index in [2.05, 4.69) is 6.07 Å². The van der Waals surface area contributed by atoms with Crippen LogP contribution in [0.15, 0.2) is 47.3 Å². The van der Waals surface area contributed by atoms with Crippen LogP contribution in [0.1, 0.15) is 42.9 Å². The maximum Gasteiger partial charge on any atom is 0.329 e. The lowest BCUT2D eigenvalue weighted by molar-refractivity contribution is 0.110. The minimum Gasteiger partial charge on any atom is -0.496 e. The van der Waals surface area contributed by atoms with Crippen molar-refractivity contribution < 1.29 is 9.84 Å². The molecule has 29 heavy (non-hydrogen) atoms. The minimum absolute atomic E-state index is 0.0497. The van der Waals surface area contributed by atoms with Crippen LogP contribution in [0.5, 0.6) is 5.75 Å². The number of hydrogen-bond donors (Lipinski definition) is 1. The average Bonchev–Trinajstić information content (AvgIpc) is 3.03. The number of aromatic nitrogens is 2. The summed E-state index contributed by atoms with van der Waals surface area (Å²) in [6, 6.07) is 15.5. The van der Waals surface area contributed by atoms with Crippen molar-refractivity contribution in [1.29, 1.82) is 5.26 Å². The van der Waals surface area contributed by atoms with Crippen LogP contribution in [-0.4, -0.2) is 27.5 Å². The number of aliphatic hydroxyl groups excluding tert-OH is 1. The number of aryl methyl sites for hydroxylation is 2. The maximum absolute atomic E-state index is 13.4. The van der Waals surface area contributed by atoms with Gasteiger partial charge in [0.2, 0.25) is 0 Å². The van der Waals surface area contributed by atoms with E-state index >= 15 is 0 Å². The topological polar surface area (TPSA) is 80.2 Å². The number of ether oxygens (including phenoxy) is 1. The molecule has 0 saturated heterocycles. The predicted octanol–water partition coefficient (Wildman–Crippen LogP) is 3.40. The fourth-order valence-electron chi connectivity index (χ4n) is 4.38. The number of fused-ring (bicyclic) bond motifs is 1.